The van der Waals surface area contributed by atoms with Crippen molar-refractivity contribution in [1.82, 2.24) is 0 Å². The number of fused-ring (bicyclic) bond motifs is 4. The highest BCUT2D eigenvalue weighted by Gasteiger charge is 2.33. The van der Waals surface area contributed by atoms with Crippen LogP contribution in [0.3, 0.4) is 0 Å². The first-order valence-electron chi connectivity index (χ1n) is 11.2. The van der Waals surface area contributed by atoms with E-state index in [1.807, 2.05) is 11.3 Å². The van der Waals surface area contributed by atoms with E-state index >= 15 is 0 Å². The lowest BCUT2D eigenvalue weighted by Gasteiger charge is -2.22. The largest absolute Gasteiger partial charge is 0.449 e. The SMILES string of the molecule is Cc1cc2c3c(c(C)c(C)cc3c1)-c1c(c3cc(CC4CCCC4)sc3c[n+]1C)O2. The molecule has 1 saturated carbocycles. The van der Waals surface area contributed by atoms with Gasteiger partial charge >= 0.3 is 0 Å². The molecule has 2 aliphatic rings. The Kier molecular flexibility index (Phi) is 4.02. The van der Waals surface area contributed by atoms with Gasteiger partial charge in [0.1, 0.15) is 17.5 Å². The molecular formula is C27H28NOS+. The highest BCUT2D eigenvalue weighted by Crippen LogP contribution is 2.51. The number of aryl methyl sites for hydroxylation is 3. The molecule has 3 heteroatoms. The normalized spacial score (nSPS) is 15.7. The molecule has 152 valence electrons. The van der Waals surface area contributed by atoms with E-state index in [0.29, 0.717) is 0 Å². The number of thiophene rings is 1. The third kappa shape index (κ3) is 2.64. The van der Waals surface area contributed by atoms with Crippen molar-refractivity contribution in [2.45, 2.75) is 52.9 Å². The van der Waals surface area contributed by atoms with E-state index in [-0.39, 0.29) is 0 Å². The molecule has 1 aliphatic carbocycles. The fourth-order valence-corrected chi connectivity index (χ4v) is 6.88. The van der Waals surface area contributed by atoms with E-state index in [4.69, 9.17) is 4.74 Å². The minimum absolute atomic E-state index is 0.866. The summed E-state index contributed by atoms with van der Waals surface area (Å²) in [6, 6.07) is 9.21. The Hall–Kier alpha value is -2.39. The molecule has 0 N–H and O–H groups in total. The van der Waals surface area contributed by atoms with Gasteiger partial charge in [-0.2, -0.15) is 4.57 Å². The van der Waals surface area contributed by atoms with Gasteiger partial charge in [0.25, 0.3) is 5.69 Å². The fraction of sp³-hybridized carbons (Fsp3) is 0.370. The molecule has 4 aromatic rings. The Morgan fingerprint density at radius 2 is 1.87 bits per heavy atom. The number of benzene rings is 2. The third-order valence-corrected chi connectivity index (χ3v) is 8.31. The van der Waals surface area contributed by atoms with E-state index in [1.54, 1.807) is 0 Å². The van der Waals surface area contributed by atoms with Crippen LogP contribution >= 0.6 is 11.3 Å². The summed E-state index contributed by atoms with van der Waals surface area (Å²) in [6.45, 7) is 6.64. The van der Waals surface area contributed by atoms with Crippen molar-refractivity contribution < 1.29 is 9.30 Å². The first-order valence-corrected chi connectivity index (χ1v) is 12.0. The standard InChI is InChI=1S/C27H28NOS/c1-15-9-19-11-16(2)17(3)24-25(19)22(10-15)29-27-21-13-20(12-18-7-5-6-8-18)30-23(21)14-28(4)26(24)27/h9-11,13-14,18H,5-8,12H2,1-4H3/q+1. The third-order valence-electron chi connectivity index (χ3n) is 7.21. The van der Waals surface area contributed by atoms with Crippen LogP contribution in [0, 0.1) is 26.7 Å². The number of nitrogens with zero attached hydrogens (tertiary/aromatic N) is 1. The second kappa shape index (κ2) is 6.55. The lowest BCUT2D eigenvalue weighted by atomic mass is 9.89. The Bertz CT molecular complexity index is 1340. The number of rotatable bonds is 2. The molecule has 6 rings (SSSR count). The summed E-state index contributed by atoms with van der Waals surface area (Å²) in [7, 11) is 2.17. The first kappa shape index (κ1) is 18.4. The zero-order valence-electron chi connectivity index (χ0n) is 18.3. The molecule has 0 atom stereocenters. The summed E-state index contributed by atoms with van der Waals surface area (Å²) in [5.74, 6) is 2.91. The molecule has 2 aromatic carbocycles. The van der Waals surface area contributed by atoms with Gasteiger partial charge in [-0.25, -0.2) is 0 Å². The Morgan fingerprint density at radius 3 is 2.67 bits per heavy atom. The maximum absolute atomic E-state index is 6.69. The number of pyridine rings is 1. The first-order chi connectivity index (χ1) is 14.5. The molecule has 0 spiro atoms. The van der Waals surface area contributed by atoms with Gasteiger partial charge in [-0.15, -0.1) is 11.3 Å². The lowest BCUT2D eigenvalue weighted by molar-refractivity contribution is -0.659. The average Bonchev–Trinajstić information content (AvgIpc) is 3.34. The van der Waals surface area contributed by atoms with Crippen LogP contribution in [0.5, 0.6) is 11.5 Å². The molecular weight excluding hydrogens is 386 g/mol. The van der Waals surface area contributed by atoms with Crippen LogP contribution in [0.25, 0.3) is 32.1 Å². The summed E-state index contributed by atoms with van der Waals surface area (Å²) in [5, 5.41) is 3.82. The van der Waals surface area contributed by atoms with Gasteiger partial charge in [0.05, 0.1) is 5.56 Å². The van der Waals surface area contributed by atoms with Gasteiger partial charge < -0.3 is 4.74 Å². The van der Waals surface area contributed by atoms with Crippen LogP contribution in [-0.4, -0.2) is 0 Å². The average molecular weight is 415 g/mol. The molecule has 0 bridgehead atoms. The smallest absolute Gasteiger partial charge is 0.257 e. The minimum atomic E-state index is 0.866. The second-order valence-electron chi connectivity index (χ2n) is 9.42. The van der Waals surface area contributed by atoms with E-state index < -0.39 is 0 Å². The molecule has 0 radical (unpaired) electrons. The fourth-order valence-electron chi connectivity index (χ4n) is 5.63. The molecule has 1 fully saturated rings. The van der Waals surface area contributed by atoms with E-state index in [1.165, 1.54) is 85.8 Å². The van der Waals surface area contributed by atoms with Gasteiger partial charge in [0, 0.05) is 15.6 Å². The molecule has 1 aliphatic heterocycles. The van der Waals surface area contributed by atoms with Crippen molar-refractivity contribution in [3.63, 3.8) is 0 Å². The van der Waals surface area contributed by atoms with Crippen molar-refractivity contribution in [3.05, 3.63) is 52.0 Å². The number of hydrogen-bond acceptors (Lipinski definition) is 2. The Balaban J connectivity index is 1.62. The van der Waals surface area contributed by atoms with Gasteiger partial charge in [-0.3, -0.25) is 0 Å². The number of aromatic nitrogens is 1. The maximum Gasteiger partial charge on any atom is 0.257 e. The van der Waals surface area contributed by atoms with Gasteiger partial charge in [0.2, 0.25) is 5.75 Å². The van der Waals surface area contributed by atoms with Crippen LogP contribution in [0.15, 0.2) is 30.5 Å². The van der Waals surface area contributed by atoms with Crippen LogP contribution in [0.2, 0.25) is 0 Å². The van der Waals surface area contributed by atoms with Crippen LogP contribution in [0.1, 0.15) is 47.3 Å². The zero-order chi connectivity index (χ0) is 20.6. The van der Waals surface area contributed by atoms with Crippen molar-refractivity contribution in [2.75, 3.05) is 0 Å². The predicted molar refractivity (Wildman–Crippen MR) is 126 cm³/mol. The second-order valence-corrected chi connectivity index (χ2v) is 10.6. The van der Waals surface area contributed by atoms with Gasteiger partial charge in [0.15, 0.2) is 6.20 Å². The summed E-state index contributed by atoms with van der Waals surface area (Å²) in [6.07, 6.45) is 9.13. The van der Waals surface area contributed by atoms with Gasteiger partial charge in [-0.1, -0.05) is 37.8 Å². The molecule has 30 heavy (non-hydrogen) atoms. The molecule has 2 nitrogen and oxygen atoms in total. The maximum atomic E-state index is 6.69. The lowest BCUT2D eigenvalue weighted by Crippen LogP contribution is -2.32. The quantitative estimate of drug-likeness (QED) is 0.276. The molecule has 0 unspecified atom stereocenters. The molecule has 0 saturated heterocycles. The topological polar surface area (TPSA) is 13.1 Å². The summed E-state index contributed by atoms with van der Waals surface area (Å²) < 4.78 is 10.3. The summed E-state index contributed by atoms with van der Waals surface area (Å²) >= 11 is 1.95. The summed E-state index contributed by atoms with van der Waals surface area (Å²) in [4.78, 5) is 1.51. The minimum Gasteiger partial charge on any atom is -0.449 e. The monoisotopic (exact) mass is 414 g/mol. The van der Waals surface area contributed by atoms with Crippen LogP contribution in [-0.2, 0) is 13.5 Å². The van der Waals surface area contributed by atoms with Crippen molar-refractivity contribution in [3.8, 4) is 22.8 Å². The number of ether oxygens (including phenoxy) is 1. The highest BCUT2D eigenvalue weighted by molar-refractivity contribution is 7.19. The van der Waals surface area contributed by atoms with E-state index in [0.717, 1.165) is 17.4 Å². The van der Waals surface area contributed by atoms with Crippen molar-refractivity contribution in [2.24, 2.45) is 13.0 Å². The van der Waals surface area contributed by atoms with Crippen LogP contribution < -0.4 is 9.30 Å². The zero-order valence-corrected chi connectivity index (χ0v) is 19.1. The van der Waals surface area contributed by atoms with Crippen molar-refractivity contribution in [1.29, 1.82) is 0 Å². The van der Waals surface area contributed by atoms with Crippen molar-refractivity contribution >= 4 is 32.2 Å². The summed E-state index contributed by atoms with van der Waals surface area (Å²) in [5.41, 5.74) is 6.51. The molecule has 0 amide bonds. The van der Waals surface area contributed by atoms with Crippen LogP contribution in [0.4, 0.5) is 0 Å². The Labute approximate surface area is 182 Å². The highest BCUT2D eigenvalue weighted by atomic mass is 32.1. The molecule has 2 aromatic heterocycles. The van der Waals surface area contributed by atoms with E-state index in [9.17, 15) is 0 Å². The van der Waals surface area contributed by atoms with E-state index in [2.05, 4.69) is 62.8 Å². The van der Waals surface area contributed by atoms with Gasteiger partial charge in [-0.05, 0) is 67.3 Å². The number of hydrogen-bond donors (Lipinski definition) is 0. The Morgan fingerprint density at radius 1 is 1.07 bits per heavy atom. The molecule has 3 heterocycles. The predicted octanol–water partition coefficient (Wildman–Crippen LogP) is 7.31.